The topological polar surface area (TPSA) is 121 Å². The lowest BCUT2D eigenvalue weighted by Gasteiger charge is -2.00. The highest BCUT2D eigenvalue weighted by Crippen LogP contribution is 2.28. The molecule has 6 aromatic rings. The number of alkyl halides is 16. The van der Waals surface area contributed by atoms with E-state index in [1.807, 2.05) is 36.4 Å². The lowest BCUT2D eigenvalue weighted by molar-refractivity contribution is 0.475. The van der Waals surface area contributed by atoms with Crippen LogP contribution in [0.25, 0.3) is 0 Å². The van der Waals surface area contributed by atoms with Crippen LogP contribution < -0.4 is 0 Å². The molecule has 0 amide bonds. The van der Waals surface area contributed by atoms with Gasteiger partial charge in [-0.05, 0) is 72.8 Å². The molecule has 0 spiro atoms. The molecule has 0 saturated heterocycles. The molecule has 0 heterocycles. The van der Waals surface area contributed by atoms with E-state index in [1.54, 1.807) is 146 Å². The van der Waals surface area contributed by atoms with Crippen molar-refractivity contribution in [2.45, 2.75) is 15.2 Å². The van der Waals surface area contributed by atoms with Gasteiger partial charge in [0.15, 0.2) is 0 Å². The highest BCUT2D eigenvalue weighted by Gasteiger charge is 2.17. The molecule has 0 aromatic heterocycles. The molecule has 0 aliphatic heterocycles. The van der Waals surface area contributed by atoms with E-state index in [4.69, 9.17) is 216 Å². The van der Waals surface area contributed by atoms with Crippen LogP contribution in [-0.2, 0) is 0 Å². The Morgan fingerprint density at radius 3 is 0.318 bits per heavy atom. The maximum Gasteiger partial charge on any atom is 0.203 e. The number of hydrogen-bond acceptors (Lipinski definition) is 6. The Balaban J connectivity index is -0.000000324. The number of para-hydroxylation sites is 6. The Morgan fingerprint density at radius 2 is 0.288 bits per heavy atom. The van der Waals surface area contributed by atoms with E-state index >= 15 is 0 Å². The van der Waals surface area contributed by atoms with Crippen LogP contribution in [0.3, 0.4) is 0 Å². The predicted octanol–water partition coefficient (Wildman–Crippen LogP) is 18.7. The normalized spacial score (nSPS) is 9.82. The second-order valence-electron chi connectivity index (χ2n) is 11.0. The van der Waals surface area contributed by atoms with E-state index in [0.717, 1.165) is 0 Å². The van der Waals surface area contributed by atoms with Crippen molar-refractivity contribution < 1.29 is 30.6 Å². The fraction of sp³-hybridized carbons (Fsp3) is 0.182. The maximum atomic E-state index is 8.63. The van der Waals surface area contributed by atoms with E-state index < -0.39 is 15.2 Å². The number of rotatable bonds is 0. The SMILES string of the molecule is ClCC(Cl)(Cl)Cl.ClCC(Cl)(Cl)Cl.ClCC(Cl)(Cl)Cl.ClCC(Cl)(Cl)Cl.Oc1ccccc1.Oc1ccccc1.Oc1ccccc1.Oc1ccccc1.Oc1ccccc1.Oc1ccccc1. The maximum absolute atomic E-state index is 8.63. The lowest BCUT2D eigenvalue weighted by Crippen LogP contribution is -2.01. The number of phenols is 6. The first-order chi connectivity index (χ1) is 30.6. The molecule has 0 unspecified atom stereocenters. The highest BCUT2D eigenvalue weighted by atomic mass is 35.6. The molecular formula is C44H44Cl16O6. The summed E-state index contributed by atoms with van der Waals surface area (Å²) in [5, 5.41) is 51.8. The smallest absolute Gasteiger partial charge is 0.203 e. The van der Waals surface area contributed by atoms with Gasteiger partial charge in [0.05, 0.1) is 23.5 Å². The number of benzene rings is 6. The van der Waals surface area contributed by atoms with E-state index in [0.29, 0.717) is 34.5 Å². The quantitative estimate of drug-likeness (QED) is 0.0843. The monoisotopic (exact) mass is 1230 g/mol. The molecule has 22 heteroatoms. The van der Waals surface area contributed by atoms with Crippen LogP contribution in [0, 0.1) is 0 Å². The summed E-state index contributed by atoms with van der Waals surface area (Å²) in [7, 11) is 0. The van der Waals surface area contributed by atoms with Gasteiger partial charge in [-0.15, -0.1) is 46.4 Å². The zero-order valence-corrected chi connectivity index (χ0v) is 46.0. The fourth-order valence-electron chi connectivity index (χ4n) is 2.57. The Labute approximate surface area is 466 Å². The van der Waals surface area contributed by atoms with Crippen LogP contribution in [0.2, 0.25) is 0 Å². The molecule has 6 aromatic carbocycles. The molecule has 6 nitrogen and oxygen atoms in total. The molecule has 66 heavy (non-hydrogen) atoms. The summed E-state index contributed by atoms with van der Waals surface area (Å²) >= 11 is 81.7. The van der Waals surface area contributed by atoms with E-state index in [9.17, 15) is 0 Å². The van der Waals surface area contributed by atoms with Crippen molar-refractivity contribution in [2.75, 3.05) is 23.5 Å². The van der Waals surface area contributed by atoms with E-state index in [2.05, 4.69) is 0 Å². The molecule has 0 bridgehead atoms. The van der Waals surface area contributed by atoms with E-state index in [1.165, 1.54) is 0 Å². The standard InChI is InChI=1S/6C6H6O.4C2H2Cl4/c6*7-6-4-2-1-3-5-6;4*3-1-2(4,5)6/h6*1-5,7H;4*1H2. The molecule has 0 aliphatic carbocycles. The summed E-state index contributed by atoms with van der Waals surface area (Å²) in [6, 6.07) is 52.3. The highest BCUT2D eigenvalue weighted by molar-refractivity contribution is 6.71. The van der Waals surface area contributed by atoms with Gasteiger partial charge in [-0.25, -0.2) is 0 Å². The second kappa shape index (κ2) is 44.9. The second-order valence-corrected chi connectivity index (χ2v) is 22.1. The Kier molecular flexibility index (Phi) is 48.6. The third-order valence-corrected chi connectivity index (χ3v) is 9.99. The average Bonchev–Trinajstić information content (AvgIpc) is 3.26. The molecule has 6 rings (SSSR count). The summed E-state index contributed by atoms with van der Waals surface area (Å²) < 4.78 is -5.10. The van der Waals surface area contributed by atoms with Crippen molar-refractivity contribution in [1.29, 1.82) is 0 Å². The van der Waals surface area contributed by atoms with Crippen LogP contribution in [0.15, 0.2) is 182 Å². The molecule has 368 valence electrons. The van der Waals surface area contributed by atoms with Crippen molar-refractivity contribution in [3.8, 4) is 34.5 Å². The summed E-state index contributed by atoms with van der Waals surface area (Å²) in [6.07, 6.45) is 0. The summed E-state index contributed by atoms with van der Waals surface area (Å²) in [5.41, 5.74) is 0. The van der Waals surface area contributed by atoms with Crippen molar-refractivity contribution in [3.63, 3.8) is 0 Å². The molecule has 0 fully saturated rings. The first kappa shape index (κ1) is 71.3. The van der Waals surface area contributed by atoms with Crippen molar-refractivity contribution in [2.24, 2.45) is 0 Å². The van der Waals surface area contributed by atoms with Crippen molar-refractivity contribution in [3.05, 3.63) is 182 Å². The van der Waals surface area contributed by atoms with Gasteiger partial charge in [-0.3, -0.25) is 0 Å². The Hall–Kier alpha value is -1.24. The van der Waals surface area contributed by atoms with E-state index in [-0.39, 0.29) is 23.5 Å². The van der Waals surface area contributed by atoms with Crippen LogP contribution in [0.5, 0.6) is 34.5 Å². The molecule has 6 N–H and O–H groups in total. The van der Waals surface area contributed by atoms with Crippen LogP contribution in [-0.4, -0.2) is 69.3 Å². The van der Waals surface area contributed by atoms with Crippen molar-refractivity contribution in [1.82, 2.24) is 0 Å². The zero-order chi connectivity index (χ0) is 51.5. The van der Waals surface area contributed by atoms with Gasteiger partial charge in [0, 0.05) is 0 Å². The summed E-state index contributed by atoms with van der Waals surface area (Å²) in [6.45, 7) is 0. The third-order valence-electron chi connectivity index (χ3n) is 5.14. The van der Waals surface area contributed by atoms with Gasteiger partial charge >= 0.3 is 0 Å². The van der Waals surface area contributed by atoms with Gasteiger partial charge in [0.1, 0.15) is 34.5 Å². The Morgan fingerprint density at radius 1 is 0.212 bits per heavy atom. The minimum absolute atomic E-state index is 0.0394. The molecular weight excluding hydrogens is 1190 g/mol. The minimum Gasteiger partial charge on any atom is -0.508 e. The van der Waals surface area contributed by atoms with Gasteiger partial charge in [-0.2, -0.15) is 0 Å². The van der Waals surface area contributed by atoms with Crippen LogP contribution in [0.4, 0.5) is 0 Å². The number of aromatic hydroxyl groups is 6. The average molecular weight is 1240 g/mol. The van der Waals surface area contributed by atoms with Crippen molar-refractivity contribution >= 4 is 186 Å². The minimum atomic E-state index is -1.28. The fourth-order valence-corrected chi connectivity index (χ4v) is 2.57. The largest absolute Gasteiger partial charge is 0.508 e. The first-order valence-corrected chi connectivity index (χ1v) is 24.2. The van der Waals surface area contributed by atoms with Gasteiger partial charge in [0.2, 0.25) is 15.2 Å². The summed E-state index contributed by atoms with van der Waals surface area (Å²) in [4.78, 5) is 0. The van der Waals surface area contributed by atoms with Gasteiger partial charge < -0.3 is 30.6 Å². The van der Waals surface area contributed by atoms with Crippen LogP contribution in [0.1, 0.15) is 0 Å². The number of hydrogen-bond donors (Lipinski definition) is 6. The molecule has 0 radical (unpaired) electrons. The zero-order valence-electron chi connectivity index (χ0n) is 33.9. The molecule has 0 aliphatic rings. The van der Waals surface area contributed by atoms with Crippen LogP contribution >= 0.6 is 186 Å². The third kappa shape index (κ3) is 69.3. The summed E-state index contributed by atoms with van der Waals surface area (Å²) in [5.74, 6) is 2.09. The lowest BCUT2D eigenvalue weighted by atomic mass is 10.3. The predicted molar refractivity (Wildman–Crippen MR) is 293 cm³/mol. The molecule has 0 saturated carbocycles. The number of halogens is 16. The first-order valence-electron chi connectivity index (χ1n) is 17.6. The molecule has 0 atom stereocenters. The Bertz CT molecular complexity index is 1530. The number of phenolic OH excluding ortho intramolecular Hbond substituents is 6. The van der Waals surface area contributed by atoms with Gasteiger partial charge in [-0.1, -0.05) is 248 Å². The van der Waals surface area contributed by atoms with Gasteiger partial charge in [0.25, 0.3) is 0 Å².